The lowest BCUT2D eigenvalue weighted by molar-refractivity contribution is -0.126. The van der Waals surface area contributed by atoms with Gasteiger partial charge in [0.25, 0.3) is 5.91 Å². The van der Waals surface area contributed by atoms with Crippen LogP contribution in [0, 0.1) is 5.92 Å². The molecule has 1 atom stereocenters. The first kappa shape index (κ1) is 18.9. The molecule has 0 radical (unpaired) electrons. The van der Waals surface area contributed by atoms with E-state index < -0.39 is 0 Å². The molecule has 148 valence electrons. The number of hydrogen-bond acceptors (Lipinski definition) is 5. The van der Waals surface area contributed by atoms with E-state index in [1.165, 1.54) is 10.4 Å². The van der Waals surface area contributed by atoms with Crippen molar-refractivity contribution in [3.8, 4) is 0 Å². The van der Waals surface area contributed by atoms with Crippen LogP contribution in [0.2, 0.25) is 0 Å². The molecule has 0 aromatic carbocycles. The maximum Gasteiger partial charge on any atom is 0.264 e. The second-order valence-electron chi connectivity index (χ2n) is 7.99. The molecule has 3 aliphatic rings. The third-order valence-corrected chi connectivity index (χ3v) is 7.25. The lowest BCUT2D eigenvalue weighted by Crippen LogP contribution is -2.46. The zero-order valence-corrected chi connectivity index (χ0v) is 16.9. The van der Waals surface area contributed by atoms with Crippen molar-refractivity contribution >= 4 is 23.2 Å². The highest BCUT2D eigenvalue weighted by atomic mass is 32.1. The van der Waals surface area contributed by atoms with Gasteiger partial charge in [0.15, 0.2) is 0 Å². The summed E-state index contributed by atoms with van der Waals surface area (Å²) in [7, 11) is 2.13. The van der Waals surface area contributed by atoms with Gasteiger partial charge in [-0.2, -0.15) is 0 Å². The molecule has 3 heterocycles. The lowest BCUT2D eigenvalue weighted by Gasteiger charge is -2.31. The Morgan fingerprint density at radius 3 is 2.63 bits per heavy atom. The monoisotopic (exact) mass is 391 g/mol. The third kappa shape index (κ3) is 4.36. The standard InChI is InChI=1S/C20H29N3O3S/c1-22-6-4-16(5-7-22)21-19(24)14-2-3-17-15(12-14)13-18(27-17)20(25)23-8-10-26-11-9-23/h13-14,16H,2-12H2,1H3,(H,21,24)/t14-/m1/s1. The van der Waals surface area contributed by atoms with Crippen LogP contribution in [0.25, 0.3) is 0 Å². The molecule has 2 amide bonds. The number of ether oxygens (including phenoxy) is 1. The van der Waals surface area contributed by atoms with Gasteiger partial charge in [0.05, 0.1) is 18.1 Å². The Kier molecular flexibility index (Phi) is 5.80. The highest BCUT2D eigenvalue weighted by Gasteiger charge is 2.30. The number of amides is 2. The molecule has 1 aromatic heterocycles. The number of hydrogen-bond donors (Lipinski definition) is 1. The first-order chi connectivity index (χ1) is 13.1. The summed E-state index contributed by atoms with van der Waals surface area (Å²) < 4.78 is 5.34. The molecule has 0 spiro atoms. The predicted octanol–water partition coefficient (Wildman–Crippen LogP) is 1.54. The van der Waals surface area contributed by atoms with E-state index in [1.807, 2.05) is 11.0 Å². The number of carbonyl (C=O) groups excluding carboxylic acids is 2. The number of piperidine rings is 1. The molecule has 0 bridgehead atoms. The van der Waals surface area contributed by atoms with E-state index in [-0.39, 0.29) is 17.7 Å². The molecule has 1 N–H and O–H groups in total. The van der Waals surface area contributed by atoms with Crippen molar-refractivity contribution in [2.45, 2.75) is 38.1 Å². The summed E-state index contributed by atoms with van der Waals surface area (Å²) in [5, 5.41) is 3.27. The first-order valence-corrected chi connectivity index (χ1v) is 10.9. The molecule has 2 aliphatic heterocycles. The van der Waals surface area contributed by atoms with Gasteiger partial charge in [0.1, 0.15) is 0 Å². The van der Waals surface area contributed by atoms with Crippen LogP contribution < -0.4 is 5.32 Å². The van der Waals surface area contributed by atoms with E-state index in [1.54, 1.807) is 11.3 Å². The van der Waals surface area contributed by atoms with Gasteiger partial charge in [-0.3, -0.25) is 9.59 Å². The first-order valence-electron chi connectivity index (χ1n) is 10.1. The molecule has 6 nitrogen and oxygen atoms in total. The predicted molar refractivity (Wildman–Crippen MR) is 105 cm³/mol. The number of nitrogens with zero attached hydrogens (tertiary/aromatic N) is 2. The van der Waals surface area contributed by atoms with Crippen LogP contribution in [0.1, 0.15) is 39.4 Å². The van der Waals surface area contributed by atoms with Crippen molar-refractivity contribution in [1.82, 2.24) is 15.1 Å². The topological polar surface area (TPSA) is 61.9 Å². The molecule has 0 unspecified atom stereocenters. The molecule has 2 saturated heterocycles. The molecule has 4 rings (SSSR count). The highest BCUT2D eigenvalue weighted by molar-refractivity contribution is 7.14. The minimum absolute atomic E-state index is 0.0399. The van der Waals surface area contributed by atoms with Gasteiger partial charge in [-0.25, -0.2) is 0 Å². The molecule has 2 fully saturated rings. The minimum Gasteiger partial charge on any atom is -0.378 e. The van der Waals surface area contributed by atoms with E-state index in [0.29, 0.717) is 32.3 Å². The van der Waals surface area contributed by atoms with Gasteiger partial charge in [-0.15, -0.1) is 11.3 Å². The zero-order chi connectivity index (χ0) is 18.8. The van der Waals surface area contributed by atoms with Crippen LogP contribution in [0.5, 0.6) is 0 Å². The van der Waals surface area contributed by atoms with Crippen LogP contribution in [0.4, 0.5) is 0 Å². The number of likely N-dealkylation sites (tertiary alicyclic amines) is 1. The number of morpholine rings is 1. The summed E-state index contributed by atoms with van der Waals surface area (Å²) in [5.41, 5.74) is 1.20. The fraction of sp³-hybridized carbons (Fsp3) is 0.700. The molecule has 0 saturated carbocycles. The zero-order valence-electron chi connectivity index (χ0n) is 16.0. The Morgan fingerprint density at radius 1 is 1.15 bits per heavy atom. The van der Waals surface area contributed by atoms with Crippen LogP contribution in [-0.2, 0) is 22.4 Å². The van der Waals surface area contributed by atoms with Crippen molar-refractivity contribution in [3.63, 3.8) is 0 Å². The molecule has 7 heteroatoms. The summed E-state index contributed by atoms with van der Waals surface area (Å²) in [6.07, 6.45) is 4.63. The minimum atomic E-state index is 0.0399. The van der Waals surface area contributed by atoms with E-state index in [9.17, 15) is 9.59 Å². The summed E-state index contributed by atoms with van der Waals surface area (Å²) >= 11 is 1.62. The fourth-order valence-electron chi connectivity index (χ4n) is 4.25. The van der Waals surface area contributed by atoms with Crippen molar-refractivity contribution in [2.24, 2.45) is 5.92 Å². The van der Waals surface area contributed by atoms with Crippen LogP contribution in [0.15, 0.2) is 6.07 Å². The summed E-state index contributed by atoms with van der Waals surface area (Å²) in [5.74, 6) is 0.352. The van der Waals surface area contributed by atoms with Crippen molar-refractivity contribution < 1.29 is 14.3 Å². The third-order valence-electron chi connectivity index (χ3n) is 6.03. The van der Waals surface area contributed by atoms with Gasteiger partial charge in [-0.1, -0.05) is 0 Å². The number of carbonyl (C=O) groups is 2. The van der Waals surface area contributed by atoms with E-state index in [4.69, 9.17) is 4.74 Å². The Hall–Kier alpha value is -1.44. The van der Waals surface area contributed by atoms with Crippen LogP contribution in [-0.4, -0.2) is 74.1 Å². The second-order valence-corrected chi connectivity index (χ2v) is 9.13. The average molecular weight is 392 g/mol. The Morgan fingerprint density at radius 2 is 1.89 bits per heavy atom. The average Bonchev–Trinajstić information content (AvgIpc) is 3.13. The Labute approximate surface area is 164 Å². The van der Waals surface area contributed by atoms with Crippen molar-refractivity contribution in [1.29, 1.82) is 0 Å². The summed E-state index contributed by atoms with van der Waals surface area (Å²) in [6, 6.07) is 2.35. The van der Waals surface area contributed by atoms with Gasteiger partial charge in [0.2, 0.25) is 5.91 Å². The van der Waals surface area contributed by atoms with Gasteiger partial charge in [0, 0.05) is 29.9 Å². The molecule has 1 aromatic rings. The molecular weight excluding hydrogens is 362 g/mol. The number of fused-ring (bicyclic) bond motifs is 1. The van der Waals surface area contributed by atoms with Gasteiger partial charge >= 0.3 is 0 Å². The normalized spacial score (nSPS) is 24.5. The molecule has 1 aliphatic carbocycles. The van der Waals surface area contributed by atoms with E-state index in [2.05, 4.69) is 17.3 Å². The summed E-state index contributed by atoms with van der Waals surface area (Å²) in [6.45, 7) is 4.69. The Balaban J connectivity index is 1.36. The number of rotatable bonds is 3. The van der Waals surface area contributed by atoms with Crippen molar-refractivity contribution in [3.05, 3.63) is 21.4 Å². The lowest BCUT2D eigenvalue weighted by atomic mass is 9.87. The van der Waals surface area contributed by atoms with E-state index >= 15 is 0 Å². The van der Waals surface area contributed by atoms with Crippen LogP contribution >= 0.6 is 11.3 Å². The summed E-state index contributed by atoms with van der Waals surface area (Å²) in [4.78, 5) is 31.8. The van der Waals surface area contributed by atoms with Crippen molar-refractivity contribution in [2.75, 3.05) is 46.4 Å². The maximum absolute atomic E-state index is 12.7. The van der Waals surface area contributed by atoms with E-state index in [0.717, 1.165) is 50.1 Å². The number of aryl methyl sites for hydroxylation is 1. The Bertz CT molecular complexity index is 691. The smallest absolute Gasteiger partial charge is 0.264 e. The fourth-order valence-corrected chi connectivity index (χ4v) is 5.42. The van der Waals surface area contributed by atoms with Gasteiger partial charge in [-0.05, 0) is 63.9 Å². The highest BCUT2D eigenvalue weighted by Crippen LogP contribution is 2.33. The van der Waals surface area contributed by atoms with Crippen LogP contribution in [0.3, 0.4) is 0 Å². The number of thiophene rings is 1. The second kappa shape index (κ2) is 8.29. The maximum atomic E-state index is 12.7. The SMILES string of the molecule is CN1CCC(NC(=O)[C@@H]2CCc3sc(C(=O)N4CCOCC4)cc3C2)CC1. The molecule has 27 heavy (non-hydrogen) atoms. The quantitative estimate of drug-likeness (QED) is 0.849. The largest absolute Gasteiger partial charge is 0.378 e. The molecular formula is C20H29N3O3S. The number of nitrogens with one attached hydrogen (secondary N) is 1. The van der Waals surface area contributed by atoms with Gasteiger partial charge < -0.3 is 19.9 Å².